The molecule has 6 atom stereocenters. The first kappa shape index (κ1) is 27.4. The van der Waals surface area contributed by atoms with Gasteiger partial charge in [-0.05, 0) is 60.7 Å². The van der Waals surface area contributed by atoms with Crippen molar-refractivity contribution in [1.29, 1.82) is 0 Å². The minimum absolute atomic E-state index is 0.0542. The Morgan fingerprint density at radius 1 is 0.975 bits per heavy atom. The predicted molar refractivity (Wildman–Crippen MR) is 151 cm³/mol. The van der Waals surface area contributed by atoms with Crippen LogP contribution >= 0.6 is 39.1 Å². The van der Waals surface area contributed by atoms with Gasteiger partial charge in [0, 0.05) is 17.4 Å². The van der Waals surface area contributed by atoms with E-state index in [2.05, 4.69) is 15.9 Å². The first-order chi connectivity index (χ1) is 19.0. The molecule has 208 valence electrons. The third-order valence-corrected chi connectivity index (χ3v) is 10.6. The maximum atomic E-state index is 14.0. The molecule has 40 heavy (non-hydrogen) atoms. The molecule has 11 heteroatoms. The molecular formula is C29H25BrCl2N2O6. The van der Waals surface area contributed by atoms with Gasteiger partial charge in [0.2, 0.25) is 11.8 Å². The Balaban J connectivity index is 1.46. The molecule has 0 radical (unpaired) electrons. The molecule has 2 aromatic carbocycles. The van der Waals surface area contributed by atoms with Gasteiger partial charge in [-0.3, -0.25) is 29.0 Å². The second-order valence-corrected chi connectivity index (χ2v) is 12.8. The fraction of sp³-hybridized carbons (Fsp3) is 0.379. The highest BCUT2D eigenvalue weighted by atomic mass is 79.9. The molecule has 1 saturated carbocycles. The number of anilines is 1. The molecule has 2 aliphatic carbocycles. The summed E-state index contributed by atoms with van der Waals surface area (Å²) in [6.07, 6.45) is 2.14. The molecule has 6 rings (SSSR count). The summed E-state index contributed by atoms with van der Waals surface area (Å²) in [5, 5.41) is 9.08. The zero-order valence-electron chi connectivity index (χ0n) is 21.4. The number of fused-ring (bicyclic) bond motifs is 4. The van der Waals surface area contributed by atoms with Gasteiger partial charge in [0.05, 0.1) is 24.1 Å². The van der Waals surface area contributed by atoms with Crippen molar-refractivity contribution in [3.05, 3.63) is 70.2 Å². The third kappa shape index (κ3) is 3.67. The summed E-state index contributed by atoms with van der Waals surface area (Å²) in [5.41, 5.74) is 1.83. The fourth-order valence-corrected chi connectivity index (χ4v) is 8.17. The van der Waals surface area contributed by atoms with E-state index in [9.17, 15) is 19.2 Å². The number of imide groups is 2. The molecule has 3 fully saturated rings. The predicted octanol–water partition coefficient (Wildman–Crippen LogP) is 4.01. The van der Waals surface area contributed by atoms with Crippen molar-refractivity contribution in [3.8, 4) is 5.75 Å². The van der Waals surface area contributed by atoms with Gasteiger partial charge in [-0.15, -0.1) is 23.2 Å². The lowest BCUT2D eigenvalue weighted by Gasteiger charge is -2.50. The molecule has 8 nitrogen and oxygen atoms in total. The van der Waals surface area contributed by atoms with Crippen LogP contribution in [-0.2, 0) is 19.2 Å². The summed E-state index contributed by atoms with van der Waals surface area (Å²) in [6, 6.07) is 13.8. The first-order valence-corrected chi connectivity index (χ1v) is 14.5. The highest BCUT2D eigenvalue weighted by Gasteiger charge is 2.75. The number of ether oxygens (including phenoxy) is 1. The first-order valence-electron chi connectivity index (χ1n) is 12.9. The Bertz CT molecular complexity index is 1460. The number of aliphatic hydroxyl groups is 1. The Hall–Kier alpha value is -2.72. The van der Waals surface area contributed by atoms with E-state index in [-0.39, 0.29) is 31.4 Å². The van der Waals surface area contributed by atoms with Gasteiger partial charge in [-0.2, -0.15) is 0 Å². The molecule has 6 unspecified atom stereocenters. The number of carbonyl (C=O) groups excluding carboxylic acids is 4. The average Bonchev–Trinajstić information content (AvgIpc) is 3.27. The van der Waals surface area contributed by atoms with Gasteiger partial charge < -0.3 is 9.84 Å². The van der Waals surface area contributed by atoms with Crippen LogP contribution in [0.1, 0.15) is 24.3 Å². The molecule has 2 aliphatic heterocycles. The van der Waals surface area contributed by atoms with E-state index in [1.165, 1.54) is 11.9 Å². The number of aliphatic hydroxyl groups excluding tert-OH is 1. The van der Waals surface area contributed by atoms with E-state index in [0.29, 0.717) is 23.4 Å². The van der Waals surface area contributed by atoms with E-state index in [0.717, 1.165) is 14.9 Å². The van der Waals surface area contributed by atoms with Gasteiger partial charge in [-0.1, -0.05) is 39.7 Å². The maximum absolute atomic E-state index is 14.0. The van der Waals surface area contributed by atoms with Gasteiger partial charge in [0.15, 0.2) is 9.75 Å². The second kappa shape index (κ2) is 9.69. The molecule has 2 heterocycles. The van der Waals surface area contributed by atoms with Gasteiger partial charge in [0.25, 0.3) is 11.8 Å². The van der Waals surface area contributed by atoms with Crippen molar-refractivity contribution >= 4 is 68.4 Å². The summed E-state index contributed by atoms with van der Waals surface area (Å²) in [7, 11) is 1.36. The van der Waals surface area contributed by atoms with Crippen molar-refractivity contribution in [2.75, 3.05) is 25.2 Å². The number of amides is 4. The lowest BCUT2D eigenvalue weighted by Crippen LogP contribution is -2.60. The maximum Gasteiger partial charge on any atom is 0.253 e. The Kier molecular flexibility index (Phi) is 6.65. The van der Waals surface area contributed by atoms with E-state index >= 15 is 0 Å². The van der Waals surface area contributed by atoms with Crippen LogP contribution in [0, 0.1) is 17.8 Å². The molecule has 4 amide bonds. The van der Waals surface area contributed by atoms with E-state index in [1.807, 2.05) is 6.08 Å². The topological polar surface area (TPSA) is 104 Å². The van der Waals surface area contributed by atoms with Crippen LogP contribution in [0.15, 0.2) is 64.7 Å². The summed E-state index contributed by atoms with van der Waals surface area (Å²) < 4.78 is 6.31. The van der Waals surface area contributed by atoms with Crippen LogP contribution in [0.3, 0.4) is 0 Å². The number of likely N-dealkylation sites (tertiary alicyclic amines) is 1. The third-order valence-electron chi connectivity index (χ3n) is 8.67. The Morgan fingerprint density at radius 3 is 2.30 bits per heavy atom. The summed E-state index contributed by atoms with van der Waals surface area (Å²) in [6.45, 7) is -0.0277. The summed E-state index contributed by atoms with van der Waals surface area (Å²) in [5.74, 6) is -4.15. The highest BCUT2D eigenvalue weighted by molar-refractivity contribution is 9.10. The molecule has 1 N–H and O–H groups in total. The monoisotopic (exact) mass is 646 g/mol. The van der Waals surface area contributed by atoms with Gasteiger partial charge >= 0.3 is 0 Å². The Labute approximate surface area is 249 Å². The van der Waals surface area contributed by atoms with Crippen molar-refractivity contribution in [1.82, 2.24) is 4.90 Å². The number of hydrogen-bond donors (Lipinski definition) is 1. The van der Waals surface area contributed by atoms with E-state index in [4.69, 9.17) is 33.0 Å². The fourth-order valence-electron chi connectivity index (χ4n) is 6.88. The second-order valence-electron chi connectivity index (χ2n) is 10.6. The number of allylic oxidation sites excluding steroid dienone is 2. The molecular weight excluding hydrogens is 623 g/mol. The number of nitrogens with zero attached hydrogens (tertiary/aromatic N) is 2. The van der Waals surface area contributed by atoms with Crippen LogP contribution in [0.25, 0.3) is 0 Å². The van der Waals surface area contributed by atoms with Crippen molar-refractivity contribution in [3.63, 3.8) is 0 Å². The van der Waals surface area contributed by atoms with Crippen molar-refractivity contribution in [2.45, 2.75) is 28.5 Å². The number of hydrogen-bond acceptors (Lipinski definition) is 6. The number of halogens is 3. The minimum atomic E-state index is -1.83. The quantitative estimate of drug-likeness (QED) is 0.299. The molecule has 0 aromatic heterocycles. The molecule has 2 aromatic rings. The lowest BCUT2D eigenvalue weighted by molar-refractivity contribution is -0.138. The highest BCUT2D eigenvalue weighted by Crippen LogP contribution is 2.65. The minimum Gasteiger partial charge on any atom is -0.491 e. The smallest absolute Gasteiger partial charge is 0.253 e. The van der Waals surface area contributed by atoms with Crippen LogP contribution < -0.4 is 9.64 Å². The summed E-state index contributed by atoms with van der Waals surface area (Å²) in [4.78, 5) is 53.2. The number of rotatable bonds is 5. The SMILES string of the molecule is CN1C(=O)C2(Cl)CC3C(=CCC4C(=O)N(c5ccc(Br)cc5)C(=O)C43)C(c3ccc(OCCO)cc3)C2(Cl)C1=O. The van der Waals surface area contributed by atoms with E-state index in [1.54, 1.807) is 48.5 Å². The van der Waals surface area contributed by atoms with Gasteiger partial charge in [0.1, 0.15) is 12.4 Å². The number of alkyl halides is 2. The van der Waals surface area contributed by atoms with Crippen molar-refractivity contribution in [2.24, 2.45) is 17.8 Å². The van der Waals surface area contributed by atoms with Crippen LogP contribution in [0.5, 0.6) is 5.75 Å². The van der Waals surface area contributed by atoms with E-state index < -0.39 is 45.2 Å². The summed E-state index contributed by atoms with van der Waals surface area (Å²) >= 11 is 17.7. The largest absolute Gasteiger partial charge is 0.491 e. The number of benzene rings is 2. The molecule has 4 aliphatic rings. The average molecular weight is 648 g/mol. The molecule has 2 saturated heterocycles. The molecule has 0 bridgehead atoms. The zero-order valence-corrected chi connectivity index (χ0v) is 24.4. The van der Waals surface area contributed by atoms with Crippen LogP contribution in [-0.4, -0.2) is 63.6 Å². The van der Waals surface area contributed by atoms with Gasteiger partial charge in [-0.25, -0.2) is 0 Å². The standard InChI is InChI=1S/C29H25BrCl2N2O6/c1-33-26(38)28(31)14-21-19(23(29(28,32)27(33)39)15-2-8-18(9-3-15)40-13-12-35)10-11-20-22(21)25(37)34(24(20)36)17-6-4-16(30)5-7-17/h2-10,20-23,35H,11-14H2,1H3. The Morgan fingerprint density at radius 2 is 1.65 bits per heavy atom. The zero-order chi connectivity index (χ0) is 28.6. The van der Waals surface area contributed by atoms with Crippen LogP contribution in [0.2, 0.25) is 0 Å². The van der Waals surface area contributed by atoms with Crippen molar-refractivity contribution < 1.29 is 29.0 Å². The number of carbonyl (C=O) groups is 4. The van der Waals surface area contributed by atoms with Crippen LogP contribution in [0.4, 0.5) is 5.69 Å². The lowest BCUT2D eigenvalue weighted by atomic mass is 9.56. The normalized spacial score (nSPS) is 33.1. The molecule has 0 spiro atoms.